The highest BCUT2D eigenvalue weighted by atomic mass is 32.2. The second-order valence-corrected chi connectivity index (χ2v) is 9.63. The van der Waals surface area contributed by atoms with E-state index in [4.69, 9.17) is 8.92 Å². The molecular formula is C20H26N2O5S2. The maximum Gasteiger partial charge on any atom is 0.354 e. The van der Waals surface area contributed by atoms with E-state index in [-0.39, 0.29) is 22.3 Å². The predicted octanol–water partition coefficient (Wildman–Crippen LogP) is 3.77. The third-order valence-electron chi connectivity index (χ3n) is 4.66. The SMILES string of the molecule is CCOC(=O)c1sc(CN2CCCCCC2)nc1OS(=O)(=O)c1ccc(C)cc1. The van der Waals surface area contributed by atoms with Gasteiger partial charge >= 0.3 is 16.1 Å². The minimum atomic E-state index is -4.10. The van der Waals surface area contributed by atoms with Crippen LogP contribution in [0.2, 0.25) is 0 Å². The van der Waals surface area contributed by atoms with Crippen LogP contribution in [0.3, 0.4) is 0 Å². The summed E-state index contributed by atoms with van der Waals surface area (Å²) in [5, 5.41) is 0.643. The lowest BCUT2D eigenvalue weighted by atomic mass is 10.2. The molecular weight excluding hydrogens is 412 g/mol. The molecule has 158 valence electrons. The van der Waals surface area contributed by atoms with Gasteiger partial charge in [-0.1, -0.05) is 30.5 Å². The molecule has 1 aliphatic heterocycles. The molecule has 0 spiro atoms. The summed E-state index contributed by atoms with van der Waals surface area (Å²) in [6, 6.07) is 6.32. The van der Waals surface area contributed by atoms with Crippen molar-refractivity contribution >= 4 is 27.4 Å². The summed E-state index contributed by atoms with van der Waals surface area (Å²) in [5.41, 5.74) is 0.935. The highest BCUT2D eigenvalue weighted by molar-refractivity contribution is 7.87. The first-order valence-electron chi connectivity index (χ1n) is 9.79. The van der Waals surface area contributed by atoms with Gasteiger partial charge < -0.3 is 8.92 Å². The number of nitrogens with zero attached hydrogens (tertiary/aromatic N) is 2. The molecule has 1 fully saturated rings. The monoisotopic (exact) mass is 438 g/mol. The van der Waals surface area contributed by atoms with Gasteiger partial charge in [-0.15, -0.1) is 11.3 Å². The quantitative estimate of drug-likeness (QED) is 0.480. The molecule has 0 unspecified atom stereocenters. The van der Waals surface area contributed by atoms with Gasteiger partial charge in [-0.05, 0) is 51.9 Å². The van der Waals surface area contributed by atoms with E-state index in [9.17, 15) is 13.2 Å². The molecule has 0 saturated carbocycles. The van der Waals surface area contributed by atoms with E-state index in [0.717, 1.165) is 42.8 Å². The fourth-order valence-electron chi connectivity index (χ4n) is 3.14. The standard InChI is InChI=1S/C20H26N2O5S2/c1-3-26-20(23)18-19(27-29(24,25)16-10-8-15(2)9-11-16)21-17(28-18)14-22-12-6-4-5-7-13-22/h8-11H,3-7,12-14H2,1-2H3. The van der Waals surface area contributed by atoms with Crippen LogP contribution in [0.4, 0.5) is 0 Å². The van der Waals surface area contributed by atoms with Gasteiger partial charge in [0.1, 0.15) is 9.90 Å². The number of benzene rings is 1. The predicted molar refractivity (Wildman–Crippen MR) is 111 cm³/mol. The zero-order valence-electron chi connectivity index (χ0n) is 16.7. The van der Waals surface area contributed by atoms with E-state index in [1.165, 1.54) is 25.0 Å². The third kappa shape index (κ3) is 5.77. The Morgan fingerprint density at radius 2 is 1.79 bits per heavy atom. The van der Waals surface area contributed by atoms with Crippen LogP contribution in [0.5, 0.6) is 5.88 Å². The van der Waals surface area contributed by atoms with Crippen LogP contribution in [0.1, 0.15) is 52.8 Å². The zero-order valence-corrected chi connectivity index (χ0v) is 18.4. The molecule has 2 heterocycles. The number of likely N-dealkylation sites (tertiary alicyclic amines) is 1. The van der Waals surface area contributed by atoms with Gasteiger partial charge in [0.15, 0.2) is 4.88 Å². The lowest BCUT2D eigenvalue weighted by Gasteiger charge is -2.17. The first-order chi connectivity index (χ1) is 13.9. The van der Waals surface area contributed by atoms with Crippen LogP contribution in [-0.2, 0) is 21.4 Å². The van der Waals surface area contributed by atoms with Gasteiger partial charge in [0.05, 0.1) is 13.2 Å². The summed E-state index contributed by atoms with van der Waals surface area (Å²) in [7, 11) is -4.10. The first kappa shape index (κ1) is 21.7. The Bertz CT molecular complexity index is 930. The Kier molecular flexibility index (Phi) is 7.26. The zero-order chi connectivity index (χ0) is 20.9. The Balaban J connectivity index is 1.86. The molecule has 0 radical (unpaired) electrons. The van der Waals surface area contributed by atoms with Gasteiger partial charge in [-0.25, -0.2) is 9.78 Å². The molecule has 1 aliphatic rings. The fraction of sp³-hybridized carbons (Fsp3) is 0.500. The number of ether oxygens (including phenoxy) is 1. The van der Waals surface area contributed by atoms with Crippen LogP contribution >= 0.6 is 11.3 Å². The lowest BCUT2D eigenvalue weighted by Crippen LogP contribution is -2.23. The minimum absolute atomic E-state index is 0.0139. The summed E-state index contributed by atoms with van der Waals surface area (Å²) < 4.78 is 35.7. The smallest absolute Gasteiger partial charge is 0.354 e. The average molecular weight is 439 g/mol. The molecule has 1 saturated heterocycles. The van der Waals surface area contributed by atoms with Gasteiger partial charge in [0, 0.05) is 0 Å². The largest absolute Gasteiger partial charge is 0.462 e. The summed E-state index contributed by atoms with van der Waals surface area (Å²) in [5.74, 6) is -0.833. The summed E-state index contributed by atoms with van der Waals surface area (Å²) in [6.07, 6.45) is 4.68. The van der Waals surface area contributed by atoms with E-state index < -0.39 is 16.1 Å². The van der Waals surface area contributed by atoms with Crippen molar-refractivity contribution in [2.24, 2.45) is 0 Å². The maximum absolute atomic E-state index is 12.7. The summed E-state index contributed by atoms with van der Waals surface area (Å²) in [6.45, 7) is 6.23. The minimum Gasteiger partial charge on any atom is -0.462 e. The number of hydrogen-bond donors (Lipinski definition) is 0. The molecule has 1 aromatic heterocycles. The van der Waals surface area contributed by atoms with E-state index in [2.05, 4.69) is 9.88 Å². The van der Waals surface area contributed by atoms with Crippen LogP contribution in [-0.4, -0.2) is 44.0 Å². The van der Waals surface area contributed by atoms with Crippen LogP contribution < -0.4 is 4.18 Å². The molecule has 0 amide bonds. The van der Waals surface area contributed by atoms with E-state index in [1.54, 1.807) is 19.1 Å². The van der Waals surface area contributed by atoms with Gasteiger partial charge in [0.2, 0.25) is 0 Å². The Hall–Kier alpha value is -1.97. The number of carbonyl (C=O) groups excluding carboxylic acids is 1. The summed E-state index contributed by atoms with van der Waals surface area (Å²) >= 11 is 1.13. The lowest BCUT2D eigenvalue weighted by molar-refractivity contribution is 0.0530. The second-order valence-electron chi connectivity index (χ2n) is 7.00. The second kappa shape index (κ2) is 9.69. The van der Waals surface area contributed by atoms with Crippen molar-refractivity contribution in [3.63, 3.8) is 0 Å². The van der Waals surface area contributed by atoms with Crippen LogP contribution in [0, 0.1) is 6.92 Å². The number of rotatable bonds is 7. The van der Waals surface area contributed by atoms with Crippen molar-refractivity contribution in [2.45, 2.75) is 51.0 Å². The van der Waals surface area contributed by atoms with E-state index in [0.29, 0.717) is 11.6 Å². The van der Waals surface area contributed by atoms with Gasteiger partial charge in [-0.2, -0.15) is 8.42 Å². The number of carbonyl (C=O) groups is 1. The molecule has 7 nitrogen and oxygen atoms in total. The van der Waals surface area contributed by atoms with Crippen molar-refractivity contribution in [3.05, 3.63) is 39.7 Å². The molecule has 29 heavy (non-hydrogen) atoms. The number of aromatic nitrogens is 1. The van der Waals surface area contributed by atoms with Crippen molar-refractivity contribution in [3.8, 4) is 5.88 Å². The Morgan fingerprint density at radius 3 is 2.41 bits per heavy atom. The highest BCUT2D eigenvalue weighted by Gasteiger charge is 2.27. The van der Waals surface area contributed by atoms with E-state index in [1.807, 2.05) is 6.92 Å². The molecule has 0 N–H and O–H groups in total. The number of esters is 1. The van der Waals surface area contributed by atoms with Gasteiger partial charge in [-0.3, -0.25) is 4.90 Å². The van der Waals surface area contributed by atoms with Crippen molar-refractivity contribution in [1.82, 2.24) is 9.88 Å². The molecule has 0 bridgehead atoms. The van der Waals surface area contributed by atoms with Crippen molar-refractivity contribution < 1.29 is 22.1 Å². The van der Waals surface area contributed by atoms with E-state index >= 15 is 0 Å². The first-order valence-corrected chi connectivity index (χ1v) is 12.0. The molecule has 0 aliphatic carbocycles. The Labute approximate surface area is 175 Å². The van der Waals surface area contributed by atoms with Crippen molar-refractivity contribution in [1.29, 1.82) is 0 Å². The topological polar surface area (TPSA) is 85.8 Å². The molecule has 0 atom stereocenters. The summed E-state index contributed by atoms with van der Waals surface area (Å²) in [4.78, 5) is 19.1. The molecule has 2 aromatic rings. The molecule has 3 rings (SSSR count). The maximum atomic E-state index is 12.7. The number of hydrogen-bond acceptors (Lipinski definition) is 8. The average Bonchev–Trinajstić information content (AvgIpc) is 2.88. The third-order valence-corrected chi connectivity index (χ3v) is 6.89. The number of aryl methyl sites for hydroxylation is 1. The normalized spacial score (nSPS) is 15.7. The van der Waals surface area contributed by atoms with Crippen LogP contribution in [0.25, 0.3) is 0 Å². The molecule has 1 aromatic carbocycles. The van der Waals surface area contributed by atoms with Gasteiger partial charge in [0.25, 0.3) is 5.88 Å². The Morgan fingerprint density at radius 1 is 1.14 bits per heavy atom. The van der Waals surface area contributed by atoms with Crippen LogP contribution in [0.15, 0.2) is 29.2 Å². The highest BCUT2D eigenvalue weighted by Crippen LogP contribution is 2.30. The van der Waals surface area contributed by atoms with Crippen molar-refractivity contribution in [2.75, 3.05) is 19.7 Å². The molecule has 9 heteroatoms. The fourth-order valence-corrected chi connectivity index (χ4v) is 5.02. The number of thiazole rings is 1.